The van der Waals surface area contributed by atoms with E-state index < -0.39 is 83.6 Å². The van der Waals surface area contributed by atoms with Crippen LogP contribution in [0.15, 0.2) is 0 Å². The fourth-order valence-electron chi connectivity index (χ4n) is 4.45. The minimum absolute atomic E-state index is 0.117. The molecule has 228 valence electrons. The predicted octanol–water partition coefficient (Wildman–Crippen LogP) is 1.28. The second kappa shape index (κ2) is 15.4. The van der Waals surface area contributed by atoms with Crippen LogP contribution in [0.25, 0.3) is 0 Å². The lowest BCUT2D eigenvalue weighted by molar-refractivity contribution is -0.222. The lowest BCUT2D eigenvalue weighted by Gasteiger charge is -2.43. The first-order chi connectivity index (χ1) is 18.7. The summed E-state index contributed by atoms with van der Waals surface area (Å²) in [5.74, 6) is -3.73. The van der Waals surface area contributed by atoms with E-state index >= 15 is 0 Å². The maximum atomic E-state index is 11.9. The van der Waals surface area contributed by atoms with Crippen molar-refractivity contribution in [3.63, 3.8) is 0 Å². The average Bonchev–Trinajstić information content (AvgIpc) is 3.13. The molecule has 9 atom stereocenters. The Labute approximate surface area is 246 Å². The van der Waals surface area contributed by atoms with Crippen molar-refractivity contribution in [3.05, 3.63) is 0 Å². The molecular formula is C24H33Cl3O13. The van der Waals surface area contributed by atoms with Crippen molar-refractivity contribution in [2.24, 2.45) is 0 Å². The van der Waals surface area contributed by atoms with Gasteiger partial charge in [0, 0.05) is 34.6 Å². The summed E-state index contributed by atoms with van der Waals surface area (Å²) in [4.78, 5) is 58.7. The molecule has 2 rings (SSSR count). The molecule has 2 aliphatic rings. The Balaban J connectivity index is 2.31. The van der Waals surface area contributed by atoms with Crippen LogP contribution < -0.4 is 0 Å². The van der Waals surface area contributed by atoms with Gasteiger partial charge in [0.25, 0.3) is 0 Å². The van der Waals surface area contributed by atoms with Gasteiger partial charge in [-0.1, -0.05) is 0 Å². The third-order valence-electron chi connectivity index (χ3n) is 5.93. The maximum absolute atomic E-state index is 11.9. The van der Waals surface area contributed by atoms with Gasteiger partial charge in [-0.25, -0.2) is 0 Å². The van der Waals surface area contributed by atoms with Crippen molar-refractivity contribution in [2.75, 3.05) is 31.6 Å². The number of halogens is 3. The van der Waals surface area contributed by atoms with E-state index in [1.807, 2.05) is 0 Å². The SMILES string of the molecule is CC(=O)OCC1OC(COCC2(CCl)OC(CCl)C(OC(C)=O)C2OC(C)=O)C(OC(C)=O)C(OC(C)=O)C1Cl. The third kappa shape index (κ3) is 9.05. The minimum atomic E-state index is -1.50. The van der Waals surface area contributed by atoms with Gasteiger partial charge in [0.05, 0.1) is 25.0 Å². The number of esters is 5. The summed E-state index contributed by atoms with van der Waals surface area (Å²) in [5.41, 5.74) is -1.50. The first-order valence-corrected chi connectivity index (χ1v) is 13.7. The Morgan fingerprint density at radius 3 is 1.75 bits per heavy atom. The highest BCUT2D eigenvalue weighted by Gasteiger charge is 2.59. The third-order valence-corrected chi connectivity index (χ3v) is 7.22. The van der Waals surface area contributed by atoms with Crippen LogP contribution in [0.5, 0.6) is 0 Å². The molecule has 0 aliphatic carbocycles. The highest BCUT2D eigenvalue weighted by molar-refractivity contribution is 6.21. The van der Waals surface area contributed by atoms with Gasteiger partial charge in [-0.15, -0.1) is 34.8 Å². The number of alkyl halides is 3. The number of hydrogen-bond acceptors (Lipinski definition) is 13. The molecule has 40 heavy (non-hydrogen) atoms. The molecule has 2 heterocycles. The molecule has 0 aromatic rings. The summed E-state index contributed by atoms with van der Waals surface area (Å²) in [6.07, 6.45) is -7.55. The molecule has 2 saturated heterocycles. The molecule has 0 amide bonds. The van der Waals surface area contributed by atoms with Crippen LogP contribution in [0.2, 0.25) is 0 Å². The zero-order chi connectivity index (χ0) is 30.2. The lowest BCUT2D eigenvalue weighted by Crippen LogP contribution is -2.61. The normalized spacial score (nSPS) is 33.5. The fraction of sp³-hybridized carbons (Fsp3) is 0.792. The van der Waals surface area contributed by atoms with Gasteiger partial charge in [-0.3, -0.25) is 24.0 Å². The van der Waals surface area contributed by atoms with Gasteiger partial charge < -0.3 is 37.9 Å². The number of hydrogen-bond donors (Lipinski definition) is 0. The quantitative estimate of drug-likeness (QED) is 0.172. The minimum Gasteiger partial charge on any atom is -0.463 e. The van der Waals surface area contributed by atoms with E-state index in [0.717, 1.165) is 13.8 Å². The second-order valence-corrected chi connectivity index (χ2v) is 10.3. The highest BCUT2D eigenvalue weighted by atomic mass is 35.5. The maximum Gasteiger partial charge on any atom is 0.303 e. The van der Waals surface area contributed by atoms with Crippen molar-refractivity contribution in [1.82, 2.24) is 0 Å². The molecule has 0 aromatic carbocycles. The van der Waals surface area contributed by atoms with Crippen LogP contribution in [0, 0.1) is 0 Å². The van der Waals surface area contributed by atoms with E-state index in [9.17, 15) is 24.0 Å². The van der Waals surface area contributed by atoms with Crippen LogP contribution in [0.3, 0.4) is 0 Å². The molecular weight excluding hydrogens is 603 g/mol. The number of ether oxygens (including phenoxy) is 8. The van der Waals surface area contributed by atoms with Crippen molar-refractivity contribution in [2.45, 2.75) is 88.3 Å². The van der Waals surface area contributed by atoms with E-state index in [-0.39, 0.29) is 31.6 Å². The summed E-state index contributed by atoms with van der Waals surface area (Å²) in [5, 5.41) is -1.06. The van der Waals surface area contributed by atoms with E-state index in [0.29, 0.717) is 0 Å². The van der Waals surface area contributed by atoms with Gasteiger partial charge in [-0.05, 0) is 0 Å². The van der Waals surface area contributed by atoms with Crippen LogP contribution in [-0.4, -0.2) is 115 Å². The lowest BCUT2D eigenvalue weighted by atomic mass is 9.96. The summed E-state index contributed by atoms with van der Waals surface area (Å²) < 4.78 is 44.4. The van der Waals surface area contributed by atoms with E-state index in [1.54, 1.807) is 0 Å². The molecule has 13 nitrogen and oxygen atoms in total. The zero-order valence-corrected chi connectivity index (χ0v) is 24.9. The van der Waals surface area contributed by atoms with E-state index in [4.69, 9.17) is 72.7 Å². The number of carbonyl (C=O) groups excluding carboxylic acids is 5. The molecule has 0 aromatic heterocycles. The van der Waals surface area contributed by atoms with Gasteiger partial charge in [0.2, 0.25) is 0 Å². The van der Waals surface area contributed by atoms with Gasteiger partial charge in [0.15, 0.2) is 24.4 Å². The Hall–Kier alpha value is -1.90. The smallest absolute Gasteiger partial charge is 0.303 e. The van der Waals surface area contributed by atoms with Crippen LogP contribution >= 0.6 is 34.8 Å². The molecule has 16 heteroatoms. The highest BCUT2D eigenvalue weighted by Crippen LogP contribution is 2.38. The van der Waals surface area contributed by atoms with Gasteiger partial charge >= 0.3 is 29.8 Å². The van der Waals surface area contributed by atoms with Crippen LogP contribution in [0.1, 0.15) is 34.6 Å². The molecule has 2 fully saturated rings. The first kappa shape index (κ1) is 34.3. The van der Waals surface area contributed by atoms with E-state index in [1.165, 1.54) is 20.8 Å². The summed E-state index contributed by atoms with van der Waals surface area (Å²) in [6, 6.07) is 0. The molecule has 0 spiro atoms. The second-order valence-electron chi connectivity index (χ2n) is 9.24. The van der Waals surface area contributed by atoms with Crippen molar-refractivity contribution in [1.29, 1.82) is 0 Å². The summed E-state index contributed by atoms with van der Waals surface area (Å²) in [7, 11) is 0. The largest absolute Gasteiger partial charge is 0.463 e. The fourth-order valence-corrected chi connectivity index (χ4v) is 5.30. The Morgan fingerprint density at radius 2 is 1.25 bits per heavy atom. The molecule has 0 radical (unpaired) electrons. The summed E-state index contributed by atoms with van der Waals surface area (Å²) in [6.45, 7) is 4.95. The van der Waals surface area contributed by atoms with Gasteiger partial charge in [-0.2, -0.15) is 0 Å². The first-order valence-electron chi connectivity index (χ1n) is 12.2. The van der Waals surface area contributed by atoms with Gasteiger partial charge in [0.1, 0.15) is 35.9 Å². The monoisotopic (exact) mass is 634 g/mol. The molecule has 0 N–H and O–H groups in total. The topological polar surface area (TPSA) is 159 Å². The standard InChI is InChI=1S/C24H33Cl3O13/c1-11(28)34-8-17-19(27)22(37-14(4)31)20(35-12(2)29)18(39-17)7-33-10-24(9-26)23(38-15(5)32)21(36-13(3)30)16(6-25)40-24/h16-23H,6-10H2,1-5H3. The predicted molar refractivity (Wildman–Crippen MR) is 137 cm³/mol. The Bertz CT molecular complexity index is 934. The molecule has 0 bridgehead atoms. The van der Waals surface area contributed by atoms with Crippen molar-refractivity contribution in [3.8, 4) is 0 Å². The van der Waals surface area contributed by atoms with Crippen LogP contribution in [-0.2, 0) is 61.9 Å². The average molecular weight is 636 g/mol. The number of carbonyl (C=O) groups is 5. The number of rotatable bonds is 12. The molecule has 2 aliphatic heterocycles. The van der Waals surface area contributed by atoms with Crippen molar-refractivity contribution >= 4 is 64.6 Å². The molecule has 0 saturated carbocycles. The molecule has 9 unspecified atom stereocenters. The van der Waals surface area contributed by atoms with Crippen LogP contribution in [0.4, 0.5) is 0 Å². The summed E-state index contributed by atoms with van der Waals surface area (Å²) >= 11 is 18.8. The van der Waals surface area contributed by atoms with E-state index in [2.05, 4.69) is 0 Å². The zero-order valence-electron chi connectivity index (χ0n) is 22.6. The Kier molecular flexibility index (Phi) is 13.2. The van der Waals surface area contributed by atoms with Crippen molar-refractivity contribution < 1.29 is 61.9 Å². The Morgan fingerprint density at radius 1 is 0.700 bits per heavy atom.